The van der Waals surface area contributed by atoms with Gasteiger partial charge in [-0.15, -0.1) is 0 Å². The van der Waals surface area contributed by atoms with Crippen molar-refractivity contribution in [1.29, 1.82) is 0 Å². The molecule has 0 saturated heterocycles. The molecular weight excluding hydrogens is 258 g/mol. The third-order valence-electron chi connectivity index (χ3n) is 5.78. The van der Waals surface area contributed by atoms with Crippen LogP contribution in [0.4, 0.5) is 0 Å². The number of hydrogen-bond acceptors (Lipinski definition) is 2. The third kappa shape index (κ3) is 5.56. The van der Waals surface area contributed by atoms with Gasteiger partial charge in [-0.2, -0.15) is 0 Å². The smallest absolute Gasteiger partial charge is 0.0695 e. The molecule has 0 bridgehead atoms. The van der Waals surface area contributed by atoms with E-state index in [0.29, 0.717) is 6.04 Å². The summed E-state index contributed by atoms with van der Waals surface area (Å²) in [6.45, 7) is 3.41. The molecule has 0 aromatic carbocycles. The highest BCUT2D eigenvalue weighted by Crippen LogP contribution is 2.29. The van der Waals surface area contributed by atoms with E-state index >= 15 is 0 Å². The van der Waals surface area contributed by atoms with Crippen LogP contribution in [-0.4, -0.2) is 34.7 Å². The Morgan fingerprint density at radius 3 is 1.76 bits per heavy atom. The van der Waals surface area contributed by atoms with E-state index in [-0.39, 0.29) is 6.10 Å². The minimum absolute atomic E-state index is 0.0926. The molecule has 0 aliphatic heterocycles. The van der Waals surface area contributed by atoms with E-state index in [4.69, 9.17) is 0 Å². The van der Waals surface area contributed by atoms with Crippen LogP contribution < -0.4 is 0 Å². The van der Waals surface area contributed by atoms with E-state index in [1.807, 2.05) is 0 Å². The molecule has 2 fully saturated rings. The van der Waals surface area contributed by atoms with E-state index in [2.05, 4.69) is 11.8 Å². The van der Waals surface area contributed by atoms with Gasteiger partial charge in [-0.05, 0) is 32.2 Å². The molecule has 2 heteroatoms. The van der Waals surface area contributed by atoms with Crippen molar-refractivity contribution in [1.82, 2.24) is 4.90 Å². The van der Waals surface area contributed by atoms with Crippen LogP contribution in [0.3, 0.4) is 0 Å². The molecule has 2 rings (SSSR count). The summed E-state index contributed by atoms with van der Waals surface area (Å²) in [6.07, 6.45) is 18.5. The maximum absolute atomic E-state index is 10.8. The Morgan fingerprint density at radius 2 is 1.19 bits per heavy atom. The molecule has 0 aromatic rings. The Balaban J connectivity index is 1.95. The van der Waals surface area contributed by atoms with Gasteiger partial charge < -0.3 is 5.11 Å². The summed E-state index contributed by atoms with van der Waals surface area (Å²) in [6, 6.07) is 1.18. The summed E-state index contributed by atoms with van der Waals surface area (Å²) in [5, 5.41) is 10.8. The largest absolute Gasteiger partial charge is 0.391 e. The molecule has 0 aromatic heterocycles. The van der Waals surface area contributed by atoms with Gasteiger partial charge in [-0.25, -0.2) is 0 Å². The first-order chi connectivity index (χ1) is 10.3. The maximum atomic E-state index is 10.8. The molecule has 2 aliphatic rings. The average Bonchev–Trinajstić information content (AvgIpc) is 3.00. The first-order valence-electron chi connectivity index (χ1n) is 9.76. The van der Waals surface area contributed by atoms with Gasteiger partial charge in [0.15, 0.2) is 0 Å². The molecule has 1 N–H and O–H groups in total. The Bertz CT molecular complexity index is 262. The Labute approximate surface area is 132 Å². The standard InChI is InChI=1S/C19H37NO/c1-2-20(17-13-11-12-14-17)18-15-9-7-5-3-4-6-8-10-16-19(18)21/h17-19,21H,2-16H2,1H3. The fraction of sp³-hybridized carbons (Fsp3) is 1.00. The summed E-state index contributed by atoms with van der Waals surface area (Å²) < 4.78 is 0. The lowest BCUT2D eigenvalue weighted by Crippen LogP contribution is -2.48. The fourth-order valence-corrected chi connectivity index (χ4v) is 4.54. The van der Waals surface area contributed by atoms with Crippen molar-refractivity contribution in [2.75, 3.05) is 6.54 Å². The molecular formula is C19H37NO. The van der Waals surface area contributed by atoms with Gasteiger partial charge in [-0.3, -0.25) is 4.90 Å². The van der Waals surface area contributed by atoms with Gasteiger partial charge >= 0.3 is 0 Å². The zero-order valence-electron chi connectivity index (χ0n) is 14.2. The molecule has 21 heavy (non-hydrogen) atoms. The molecule has 0 radical (unpaired) electrons. The van der Waals surface area contributed by atoms with Gasteiger partial charge in [0.1, 0.15) is 0 Å². The monoisotopic (exact) mass is 295 g/mol. The predicted octanol–water partition coefficient (Wildman–Crippen LogP) is 4.90. The van der Waals surface area contributed by atoms with Crippen molar-refractivity contribution in [3.8, 4) is 0 Å². The molecule has 2 aliphatic carbocycles. The highest BCUT2D eigenvalue weighted by atomic mass is 16.3. The summed E-state index contributed by atoms with van der Waals surface area (Å²) in [4.78, 5) is 2.67. The van der Waals surface area contributed by atoms with E-state index in [1.54, 1.807) is 0 Å². The molecule has 0 amide bonds. The first kappa shape index (κ1) is 17.3. The molecule has 0 spiro atoms. The van der Waals surface area contributed by atoms with E-state index in [1.165, 1.54) is 83.5 Å². The molecule has 0 heterocycles. The molecule has 2 nitrogen and oxygen atoms in total. The van der Waals surface area contributed by atoms with Crippen LogP contribution in [0.15, 0.2) is 0 Å². The highest BCUT2D eigenvalue weighted by molar-refractivity contribution is 4.86. The van der Waals surface area contributed by atoms with E-state index in [0.717, 1.165) is 19.0 Å². The Morgan fingerprint density at radius 1 is 0.714 bits per heavy atom. The lowest BCUT2D eigenvalue weighted by atomic mass is 9.93. The molecule has 124 valence electrons. The van der Waals surface area contributed by atoms with Gasteiger partial charge in [0.2, 0.25) is 0 Å². The molecule has 2 atom stereocenters. The van der Waals surface area contributed by atoms with Crippen LogP contribution >= 0.6 is 0 Å². The number of rotatable bonds is 3. The molecule has 2 unspecified atom stereocenters. The topological polar surface area (TPSA) is 23.5 Å². The summed E-state index contributed by atoms with van der Waals surface area (Å²) in [5.41, 5.74) is 0. The van der Waals surface area contributed by atoms with Crippen molar-refractivity contribution in [3.63, 3.8) is 0 Å². The number of aliphatic hydroxyl groups is 1. The second kappa shape index (κ2) is 9.84. The zero-order chi connectivity index (χ0) is 14.9. The number of aliphatic hydroxyl groups excluding tert-OH is 1. The average molecular weight is 296 g/mol. The zero-order valence-corrected chi connectivity index (χ0v) is 14.2. The summed E-state index contributed by atoms with van der Waals surface area (Å²) >= 11 is 0. The van der Waals surface area contributed by atoms with Gasteiger partial charge in [0.05, 0.1) is 6.10 Å². The summed E-state index contributed by atoms with van der Waals surface area (Å²) in [7, 11) is 0. The van der Waals surface area contributed by atoms with Crippen LogP contribution in [0, 0.1) is 0 Å². The normalized spacial score (nSPS) is 31.0. The van der Waals surface area contributed by atoms with Crippen LogP contribution in [0.25, 0.3) is 0 Å². The minimum Gasteiger partial charge on any atom is -0.391 e. The Kier molecular flexibility index (Phi) is 8.10. The van der Waals surface area contributed by atoms with Gasteiger partial charge in [0.25, 0.3) is 0 Å². The second-order valence-corrected chi connectivity index (χ2v) is 7.31. The van der Waals surface area contributed by atoms with Gasteiger partial charge in [-0.1, -0.05) is 71.1 Å². The van der Waals surface area contributed by atoms with Crippen LogP contribution in [0.1, 0.15) is 96.8 Å². The highest BCUT2D eigenvalue weighted by Gasteiger charge is 2.31. The van der Waals surface area contributed by atoms with Crippen LogP contribution in [-0.2, 0) is 0 Å². The summed E-state index contributed by atoms with van der Waals surface area (Å²) in [5.74, 6) is 0. The lowest BCUT2D eigenvalue weighted by molar-refractivity contribution is 0.0159. The van der Waals surface area contributed by atoms with Crippen molar-refractivity contribution < 1.29 is 5.11 Å². The Hall–Kier alpha value is -0.0800. The van der Waals surface area contributed by atoms with Crippen molar-refractivity contribution in [3.05, 3.63) is 0 Å². The van der Waals surface area contributed by atoms with E-state index in [9.17, 15) is 5.11 Å². The van der Waals surface area contributed by atoms with Crippen molar-refractivity contribution in [2.24, 2.45) is 0 Å². The maximum Gasteiger partial charge on any atom is 0.0695 e. The van der Waals surface area contributed by atoms with Crippen molar-refractivity contribution in [2.45, 2.75) is 115 Å². The fourth-order valence-electron chi connectivity index (χ4n) is 4.54. The van der Waals surface area contributed by atoms with Crippen LogP contribution in [0.5, 0.6) is 0 Å². The second-order valence-electron chi connectivity index (χ2n) is 7.31. The SMILES string of the molecule is CCN(C1CCCC1)C1CCCCCCCCCCC1O. The lowest BCUT2D eigenvalue weighted by Gasteiger charge is -2.38. The number of nitrogens with zero attached hydrogens (tertiary/aromatic N) is 1. The quantitative estimate of drug-likeness (QED) is 0.801. The van der Waals surface area contributed by atoms with Crippen molar-refractivity contribution >= 4 is 0 Å². The predicted molar refractivity (Wildman–Crippen MR) is 90.6 cm³/mol. The minimum atomic E-state index is -0.0926. The third-order valence-corrected chi connectivity index (χ3v) is 5.78. The number of likely N-dealkylation sites (N-methyl/N-ethyl adjacent to an activating group) is 1. The van der Waals surface area contributed by atoms with Crippen LogP contribution in [0.2, 0.25) is 0 Å². The number of hydrogen-bond donors (Lipinski definition) is 1. The molecule has 2 saturated carbocycles. The van der Waals surface area contributed by atoms with E-state index < -0.39 is 0 Å². The first-order valence-corrected chi connectivity index (χ1v) is 9.76. The van der Waals surface area contributed by atoms with Gasteiger partial charge in [0, 0.05) is 12.1 Å².